The second kappa shape index (κ2) is 4.45. The summed E-state index contributed by atoms with van der Waals surface area (Å²) in [5.74, 6) is -2.58. The molecule has 2 aromatic carbocycles. The number of amides is 1. The molecule has 3 aliphatic rings. The van der Waals surface area contributed by atoms with Crippen LogP contribution in [0.25, 0.3) is 10.8 Å². The van der Waals surface area contributed by atoms with Gasteiger partial charge in [0.15, 0.2) is 0 Å². The Hall–Kier alpha value is -2.66. The molecule has 120 valence electrons. The summed E-state index contributed by atoms with van der Waals surface area (Å²) in [6.07, 6.45) is 3.17. The molecule has 0 aromatic heterocycles. The van der Waals surface area contributed by atoms with E-state index in [1.54, 1.807) is 11.0 Å². The second-order valence-electron chi connectivity index (χ2n) is 6.66. The van der Waals surface area contributed by atoms with Crippen LogP contribution in [0.15, 0.2) is 54.6 Å². The first-order valence-electron chi connectivity index (χ1n) is 8.00. The number of nitrogens with zero attached hydrogens (tertiary/aromatic N) is 1. The van der Waals surface area contributed by atoms with Crippen LogP contribution in [0.4, 0.5) is 5.69 Å². The van der Waals surface area contributed by atoms with Crippen LogP contribution in [0.3, 0.4) is 0 Å². The molecule has 2 bridgehead atoms. The maximum Gasteiger partial charge on any atom is 0.310 e. The summed E-state index contributed by atoms with van der Waals surface area (Å²) in [5, 5.41) is 11.6. The topological polar surface area (TPSA) is 66.8 Å². The van der Waals surface area contributed by atoms with Gasteiger partial charge >= 0.3 is 5.97 Å². The van der Waals surface area contributed by atoms with Gasteiger partial charge in [0, 0.05) is 5.39 Å². The molecule has 2 fully saturated rings. The molecule has 1 N–H and O–H groups in total. The van der Waals surface area contributed by atoms with Crippen LogP contribution in [0.1, 0.15) is 0 Å². The van der Waals surface area contributed by atoms with E-state index in [4.69, 9.17) is 4.74 Å². The number of ether oxygens (including phenoxy) is 1. The molecular formula is C19H15NO4. The number of rotatable bonds is 2. The van der Waals surface area contributed by atoms with E-state index >= 15 is 0 Å². The molecule has 0 radical (unpaired) electrons. The zero-order valence-electron chi connectivity index (χ0n) is 12.8. The third kappa shape index (κ3) is 1.57. The molecule has 3 aliphatic heterocycles. The summed E-state index contributed by atoms with van der Waals surface area (Å²) in [7, 11) is 0. The minimum atomic E-state index is -0.968. The third-order valence-electron chi connectivity index (χ3n) is 5.44. The molecule has 4 atom stereocenters. The Balaban J connectivity index is 1.64. The molecule has 24 heavy (non-hydrogen) atoms. The predicted octanol–water partition coefficient (Wildman–Crippen LogP) is 2.21. The fourth-order valence-electron chi connectivity index (χ4n) is 4.43. The number of benzene rings is 2. The van der Waals surface area contributed by atoms with Crippen molar-refractivity contribution in [3.63, 3.8) is 0 Å². The fourth-order valence-corrected chi connectivity index (χ4v) is 4.43. The summed E-state index contributed by atoms with van der Waals surface area (Å²) in [6, 6.07) is 13.7. The van der Waals surface area contributed by atoms with Crippen molar-refractivity contribution in [1.29, 1.82) is 0 Å². The lowest BCUT2D eigenvalue weighted by atomic mass is 9.77. The van der Waals surface area contributed by atoms with Gasteiger partial charge in [-0.25, -0.2) is 0 Å². The molecule has 0 saturated carbocycles. The Morgan fingerprint density at radius 1 is 1.21 bits per heavy atom. The fraction of sp³-hybridized carbons (Fsp3) is 0.263. The van der Waals surface area contributed by atoms with Crippen LogP contribution in [-0.2, 0) is 14.3 Å². The molecule has 2 saturated heterocycles. The Morgan fingerprint density at radius 3 is 2.83 bits per heavy atom. The van der Waals surface area contributed by atoms with E-state index in [0.29, 0.717) is 6.54 Å². The van der Waals surface area contributed by atoms with Gasteiger partial charge in [0.2, 0.25) is 5.91 Å². The predicted molar refractivity (Wildman–Crippen MR) is 87.7 cm³/mol. The van der Waals surface area contributed by atoms with Gasteiger partial charge in [-0.2, -0.15) is 0 Å². The number of aliphatic carboxylic acids is 1. The molecule has 1 amide bonds. The summed E-state index contributed by atoms with van der Waals surface area (Å²) >= 11 is 0. The summed E-state index contributed by atoms with van der Waals surface area (Å²) in [4.78, 5) is 26.4. The largest absolute Gasteiger partial charge is 0.481 e. The monoisotopic (exact) mass is 321 g/mol. The van der Waals surface area contributed by atoms with Crippen molar-refractivity contribution in [2.75, 3.05) is 11.4 Å². The number of hydrogen-bond donors (Lipinski definition) is 1. The first-order valence-corrected chi connectivity index (χ1v) is 8.00. The zero-order chi connectivity index (χ0) is 16.5. The van der Waals surface area contributed by atoms with Crippen molar-refractivity contribution in [2.45, 2.75) is 11.7 Å². The van der Waals surface area contributed by atoms with Crippen LogP contribution in [-0.4, -0.2) is 35.2 Å². The van der Waals surface area contributed by atoms with E-state index < -0.39 is 29.5 Å². The summed E-state index contributed by atoms with van der Waals surface area (Å²) in [5.41, 5.74) is 0.00772. The van der Waals surface area contributed by atoms with Crippen LogP contribution in [0.2, 0.25) is 0 Å². The normalized spacial score (nSPS) is 33.4. The first kappa shape index (κ1) is 13.7. The third-order valence-corrected chi connectivity index (χ3v) is 5.44. The smallest absolute Gasteiger partial charge is 0.310 e. The number of carboxylic acid groups (broad SMARTS) is 1. The first-order chi connectivity index (χ1) is 11.6. The van der Waals surface area contributed by atoms with Crippen molar-refractivity contribution in [1.82, 2.24) is 0 Å². The highest BCUT2D eigenvalue weighted by Crippen LogP contribution is 2.53. The van der Waals surface area contributed by atoms with Crippen LogP contribution < -0.4 is 4.90 Å². The van der Waals surface area contributed by atoms with Crippen LogP contribution >= 0.6 is 0 Å². The molecule has 0 aliphatic carbocycles. The molecule has 5 nitrogen and oxygen atoms in total. The maximum absolute atomic E-state index is 13.1. The van der Waals surface area contributed by atoms with Crippen molar-refractivity contribution in [3.05, 3.63) is 54.6 Å². The molecule has 1 spiro atoms. The van der Waals surface area contributed by atoms with E-state index in [-0.39, 0.29) is 5.91 Å². The van der Waals surface area contributed by atoms with Gasteiger partial charge in [0.1, 0.15) is 11.5 Å². The van der Waals surface area contributed by atoms with Crippen molar-refractivity contribution in [2.24, 2.45) is 11.8 Å². The number of carboxylic acids is 1. The van der Waals surface area contributed by atoms with Gasteiger partial charge < -0.3 is 14.7 Å². The van der Waals surface area contributed by atoms with Gasteiger partial charge in [-0.15, -0.1) is 0 Å². The minimum absolute atomic E-state index is 0.161. The van der Waals surface area contributed by atoms with E-state index in [9.17, 15) is 14.7 Å². The van der Waals surface area contributed by atoms with Gasteiger partial charge in [0.25, 0.3) is 0 Å². The molecular weight excluding hydrogens is 306 g/mol. The highest BCUT2D eigenvalue weighted by atomic mass is 16.5. The van der Waals surface area contributed by atoms with Gasteiger partial charge in [-0.3, -0.25) is 9.59 Å². The summed E-state index contributed by atoms with van der Waals surface area (Å²) < 4.78 is 5.94. The van der Waals surface area contributed by atoms with Gasteiger partial charge in [-0.1, -0.05) is 48.6 Å². The van der Waals surface area contributed by atoms with E-state index in [1.165, 1.54) is 0 Å². The number of carbonyl (C=O) groups excluding carboxylic acids is 1. The van der Waals surface area contributed by atoms with E-state index in [0.717, 1.165) is 16.5 Å². The molecule has 5 rings (SSSR count). The second-order valence-corrected chi connectivity index (χ2v) is 6.66. The highest BCUT2D eigenvalue weighted by molar-refractivity contribution is 6.08. The number of anilines is 1. The van der Waals surface area contributed by atoms with E-state index in [2.05, 4.69) is 0 Å². The lowest BCUT2D eigenvalue weighted by Crippen LogP contribution is -2.39. The van der Waals surface area contributed by atoms with Gasteiger partial charge in [-0.05, 0) is 11.5 Å². The number of carbonyl (C=O) groups is 2. The Labute approximate surface area is 138 Å². The van der Waals surface area contributed by atoms with Crippen LogP contribution in [0, 0.1) is 11.8 Å². The Kier molecular flexibility index (Phi) is 2.55. The minimum Gasteiger partial charge on any atom is -0.481 e. The quantitative estimate of drug-likeness (QED) is 0.861. The number of hydrogen-bond acceptors (Lipinski definition) is 3. The zero-order valence-corrected chi connectivity index (χ0v) is 12.8. The lowest BCUT2D eigenvalue weighted by Gasteiger charge is -2.22. The van der Waals surface area contributed by atoms with Crippen LogP contribution in [0.5, 0.6) is 0 Å². The average molecular weight is 321 g/mol. The molecule has 5 heteroatoms. The van der Waals surface area contributed by atoms with Gasteiger partial charge in [0.05, 0.1) is 24.3 Å². The number of fused-ring (bicyclic) bond motifs is 2. The SMILES string of the molecule is O=C(O)[C@@H]1[C@H]2C(=O)N(c3cccc4ccccc34)C[C@@]23C=C[C@H]1O3. The van der Waals surface area contributed by atoms with E-state index in [1.807, 2.05) is 48.5 Å². The molecule has 0 unspecified atom stereocenters. The maximum atomic E-state index is 13.1. The summed E-state index contributed by atoms with van der Waals surface area (Å²) in [6.45, 7) is 0.362. The van der Waals surface area contributed by atoms with Crippen molar-refractivity contribution in [3.8, 4) is 0 Å². The standard InChI is InChI=1S/C19H15NO4/c21-17-16-15(18(22)23)14-8-9-19(16,24-14)10-20(17)13-7-3-5-11-4-1-2-6-12(11)13/h1-9,14-16H,10H2,(H,22,23)/t14-,15+,16+,19+/m1/s1. The van der Waals surface area contributed by atoms with Crippen molar-refractivity contribution >= 4 is 28.3 Å². The Bertz CT molecular complexity index is 915. The molecule has 2 aromatic rings. The average Bonchev–Trinajstić information content (AvgIpc) is 3.22. The van der Waals surface area contributed by atoms with Crippen molar-refractivity contribution < 1.29 is 19.4 Å². The lowest BCUT2D eigenvalue weighted by molar-refractivity contribution is -0.146. The molecule has 3 heterocycles. The highest BCUT2D eigenvalue weighted by Gasteiger charge is 2.67. The Morgan fingerprint density at radius 2 is 2.00 bits per heavy atom.